The molecule has 2 N–H and O–H groups in total. The van der Waals surface area contributed by atoms with Crippen LogP contribution in [0.4, 0.5) is 0 Å². The Morgan fingerprint density at radius 2 is 1.66 bits per heavy atom. The van der Waals surface area contributed by atoms with Gasteiger partial charge in [0.1, 0.15) is 29.1 Å². The van der Waals surface area contributed by atoms with E-state index in [9.17, 15) is 19.8 Å². The average Bonchev–Trinajstić information content (AvgIpc) is 2.84. The zero-order chi connectivity index (χ0) is 25.1. The Bertz CT molecular complexity index is 1400. The highest BCUT2D eigenvalue weighted by Crippen LogP contribution is 2.39. The number of hydrogen-bond acceptors (Lipinski definition) is 7. The predicted octanol–water partition coefficient (Wildman–Crippen LogP) is 5.35. The molecule has 0 saturated heterocycles. The summed E-state index contributed by atoms with van der Waals surface area (Å²) in [5.74, 6) is -0.456. The Balaban J connectivity index is 1.87. The zero-order valence-electron chi connectivity index (χ0n) is 19.6. The third-order valence-electron chi connectivity index (χ3n) is 5.74. The lowest BCUT2D eigenvalue weighted by molar-refractivity contribution is -0.140. The van der Waals surface area contributed by atoms with Gasteiger partial charge in [0.15, 0.2) is 0 Å². The van der Waals surface area contributed by atoms with Crippen molar-refractivity contribution in [3.05, 3.63) is 88.3 Å². The summed E-state index contributed by atoms with van der Waals surface area (Å²) >= 11 is 0. The monoisotopic (exact) mass is 474 g/mol. The summed E-state index contributed by atoms with van der Waals surface area (Å²) in [5.41, 5.74) is 1.83. The molecule has 1 heterocycles. The summed E-state index contributed by atoms with van der Waals surface area (Å²) in [6, 6.07) is 16.3. The summed E-state index contributed by atoms with van der Waals surface area (Å²) in [7, 11) is 1.30. The van der Waals surface area contributed by atoms with E-state index in [1.165, 1.54) is 37.6 Å². The number of methoxy groups -OCH3 is 1. The molecule has 1 atom stereocenters. The van der Waals surface area contributed by atoms with Crippen molar-refractivity contribution in [2.45, 2.75) is 32.3 Å². The van der Waals surface area contributed by atoms with Gasteiger partial charge in [0.05, 0.1) is 30.6 Å². The first-order valence-electron chi connectivity index (χ1n) is 11.2. The molecular formula is C28H26O7. The van der Waals surface area contributed by atoms with Gasteiger partial charge in [-0.1, -0.05) is 24.3 Å². The van der Waals surface area contributed by atoms with Gasteiger partial charge in [-0.2, -0.15) is 0 Å². The molecule has 180 valence electrons. The van der Waals surface area contributed by atoms with E-state index in [0.29, 0.717) is 22.4 Å². The van der Waals surface area contributed by atoms with Crippen LogP contribution >= 0.6 is 0 Å². The second-order valence-electron chi connectivity index (χ2n) is 8.47. The maximum atomic E-state index is 13.3. The third kappa shape index (κ3) is 4.99. The number of rotatable bonds is 7. The van der Waals surface area contributed by atoms with Gasteiger partial charge in [0.25, 0.3) is 0 Å². The maximum Gasteiger partial charge on any atom is 0.306 e. The highest BCUT2D eigenvalue weighted by Gasteiger charge is 2.26. The lowest BCUT2D eigenvalue weighted by atomic mass is 9.86. The first kappa shape index (κ1) is 23.9. The maximum absolute atomic E-state index is 13.3. The Hall–Kier alpha value is -4.26. The van der Waals surface area contributed by atoms with E-state index in [2.05, 4.69) is 0 Å². The molecule has 0 aliphatic carbocycles. The van der Waals surface area contributed by atoms with Crippen LogP contribution in [0.5, 0.6) is 17.2 Å². The fourth-order valence-electron chi connectivity index (χ4n) is 4.08. The summed E-state index contributed by atoms with van der Waals surface area (Å²) < 4.78 is 16.5. The fourth-order valence-corrected chi connectivity index (χ4v) is 4.08. The van der Waals surface area contributed by atoms with Crippen molar-refractivity contribution in [1.82, 2.24) is 0 Å². The lowest BCUT2D eigenvalue weighted by Crippen LogP contribution is -2.13. The van der Waals surface area contributed by atoms with Crippen molar-refractivity contribution in [3.8, 4) is 28.4 Å². The van der Waals surface area contributed by atoms with E-state index in [0.717, 1.165) is 5.56 Å². The molecule has 0 aliphatic rings. The molecule has 0 aliphatic heterocycles. The summed E-state index contributed by atoms with van der Waals surface area (Å²) in [6.45, 7) is 3.85. The van der Waals surface area contributed by atoms with Crippen LogP contribution in [0.2, 0.25) is 0 Å². The molecule has 1 aromatic heterocycles. The highest BCUT2D eigenvalue weighted by molar-refractivity contribution is 5.87. The van der Waals surface area contributed by atoms with Crippen molar-refractivity contribution in [1.29, 1.82) is 0 Å². The number of phenolic OH excluding ortho intramolecular Hbond substituents is 2. The van der Waals surface area contributed by atoms with Crippen LogP contribution in [0, 0.1) is 0 Å². The lowest BCUT2D eigenvalue weighted by Gasteiger charge is -2.20. The average molecular weight is 475 g/mol. The molecule has 0 spiro atoms. The van der Waals surface area contributed by atoms with Crippen LogP contribution in [0.25, 0.3) is 22.1 Å². The minimum absolute atomic E-state index is 0.00544. The second kappa shape index (κ2) is 9.93. The molecule has 4 rings (SSSR count). The smallest absolute Gasteiger partial charge is 0.306 e. The van der Waals surface area contributed by atoms with Gasteiger partial charge in [0.2, 0.25) is 5.43 Å². The minimum Gasteiger partial charge on any atom is -0.508 e. The van der Waals surface area contributed by atoms with Crippen molar-refractivity contribution < 1.29 is 28.9 Å². The van der Waals surface area contributed by atoms with Crippen LogP contribution in [-0.2, 0) is 9.53 Å². The van der Waals surface area contributed by atoms with Crippen LogP contribution < -0.4 is 10.2 Å². The molecule has 0 bridgehead atoms. The fraction of sp³-hybridized carbons (Fsp3) is 0.214. The van der Waals surface area contributed by atoms with Crippen LogP contribution in [0.1, 0.15) is 37.3 Å². The van der Waals surface area contributed by atoms with Gasteiger partial charge in [0, 0.05) is 11.5 Å². The topological polar surface area (TPSA) is 106 Å². The minimum atomic E-state index is -0.637. The Labute approximate surface area is 202 Å². The third-order valence-corrected chi connectivity index (χ3v) is 5.74. The first-order chi connectivity index (χ1) is 16.8. The van der Waals surface area contributed by atoms with Gasteiger partial charge in [-0.3, -0.25) is 9.59 Å². The standard InChI is InChI=1S/C28H26O7/c1-16(2)35-20-10-6-17(7-11-20)22(14-25(31)33-3)26-24(30)13-12-21-27(32)23(15-34-28(21)26)18-4-8-19(29)9-5-18/h4-13,15-16,22,29-30H,14H2,1-3H3/t22-/m0/s1. The molecule has 0 saturated carbocycles. The molecule has 0 amide bonds. The highest BCUT2D eigenvalue weighted by atomic mass is 16.5. The molecule has 0 fully saturated rings. The molecule has 7 heteroatoms. The normalized spacial score (nSPS) is 12.0. The van der Waals surface area contributed by atoms with Gasteiger partial charge in [-0.05, 0) is 61.4 Å². The number of benzene rings is 3. The summed E-state index contributed by atoms with van der Waals surface area (Å²) in [5, 5.41) is 20.7. The van der Waals surface area contributed by atoms with Gasteiger partial charge < -0.3 is 24.1 Å². The molecular weight excluding hydrogens is 448 g/mol. The van der Waals surface area contributed by atoms with E-state index in [1.54, 1.807) is 24.3 Å². The number of phenols is 2. The first-order valence-corrected chi connectivity index (χ1v) is 11.2. The van der Waals surface area contributed by atoms with Crippen molar-refractivity contribution in [3.63, 3.8) is 0 Å². The quantitative estimate of drug-likeness (QED) is 0.348. The van der Waals surface area contributed by atoms with Crippen molar-refractivity contribution in [2.75, 3.05) is 7.11 Å². The predicted molar refractivity (Wildman–Crippen MR) is 132 cm³/mol. The zero-order valence-corrected chi connectivity index (χ0v) is 19.6. The number of carbonyl (C=O) groups is 1. The molecule has 0 radical (unpaired) electrons. The van der Waals surface area contributed by atoms with Gasteiger partial charge in [-0.25, -0.2) is 0 Å². The number of aromatic hydroxyl groups is 2. The van der Waals surface area contributed by atoms with E-state index < -0.39 is 11.9 Å². The number of ether oxygens (including phenoxy) is 2. The van der Waals surface area contributed by atoms with Crippen LogP contribution in [0.3, 0.4) is 0 Å². The van der Waals surface area contributed by atoms with Crippen LogP contribution in [-0.4, -0.2) is 29.4 Å². The van der Waals surface area contributed by atoms with Crippen molar-refractivity contribution in [2.24, 2.45) is 0 Å². The summed E-state index contributed by atoms with van der Waals surface area (Å²) in [6.07, 6.45) is 1.26. The second-order valence-corrected chi connectivity index (χ2v) is 8.47. The number of hydrogen-bond donors (Lipinski definition) is 2. The van der Waals surface area contributed by atoms with E-state index in [4.69, 9.17) is 13.9 Å². The van der Waals surface area contributed by atoms with E-state index >= 15 is 0 Å². The van der Waals surface area contributed by atoms with E-state index in [-0.39, 0.29) is 40.4 Å². The number of carbonyl (C=O) groups excluding carboxylic acids is 1. The molecule has 35 heavy (non-hydrogen) atoms. The Kier molecular flexibility index (Phi) is 6.78. The Morgan fingerprint density at radius 3 is 2.29 bits per heavy atom. The van der Waals surface area contributed by atoms with Gasteiger partial charge in [-0.15, -0.1) is 0 Å². The molecule has 3 aromatic carbocycles. The van der Waals surface area contributed by atoms with Crippen molar-refractivity contribution >= 4 is 16.9 Å². The largest absolute Gasteiger partial charge is 0.508 e. The Morgan fingerprint density at radius 1 is 0.971 bits per heavy atom. The summed E-state index contributed by atoms with van der Waals surface area (Å²) in [4.78, 5) is 25.7. The number of fused-ring (bicyclic) bond motifs is 1. The molecule has 4 aromatic rings. The SMILES string of the molecule is COC(=O)C[C@@H](c1ccc(OC(C)C)cc1)c1c(O)ccc2c(=O)c(-c3ccc(O)cc3)coc12. The molecule has 0 unspecified atom stereocenters. The molecule has 7 nitrogen and oxygen atoms in total. The van der Waals surface area contributed by atoms with Gasteiger partial charge >= 0.3 is 5.97 Å². The van der Waals surface area contributed by atoms with E-state index in [1.807, 2.05) is 26.0 Å². The van der Waals surface area contributed by atoms with Crippen LogP contribution in [0.15, 0.2) is 76.1 Å². The number of esters is 1.